The number of hydrogen-bond acceptors (Lipinski definition) is 0. The molecule has 0 N–H and O–H groups in total. The third-order valence-electron chi connectivity index (χ3n) is 5.15. The van der Waals surface area contributed by atoms with Crippen LogP contribution < -0.4 is 10.6 Å². The summed E-state index contributed by atoms with van der Waals surface area (Å²) < 4.78 is 0. The van der Waals surface area contributed by atoms with Crippen molar-refractivity contribution in [3.05, 3.63) is 121 Å². The third kappa shape index (κ3) is 3.18. The molecule has 1 aliphatic carbocycles. The smallest absolute Gasteiger partial charge is 0.0242 e. The summed E-state index contributed by atoms with van der Waals surface area (Å²) >= 11 is 0. The van der Waals surface area contributed by atoms with E-state index in [1.165, 1.54) is 16.2 Å². The maximum atomic E-state index is 2.43. The summed E-state index contributed by atoms with van der Waals surface area (Å²) in [7, 11) is -0.552. The predicted molar refractivity (Wildman–Crippen MR) is 115 cm³/mol. The first-order chi connectivity index (χ1) is 12.8. The molecule has 0 spiro atoms. The lowest BCUT2D eigenvalue weighted by molar-refractivity contribution is 0.680. The normalized spacial score (nSPS) is 21.8. The van der Waals surface area contributed by atoms with Gasteiger partial charge in [-0.2, -0.15) is 0 Å². The van der Waals surface area contributed by atoms with Gasteiger partial charge in [-0.15, -0.1) is 0 Å². The quantitative estimate of drug-likeness (QED) is 0.520. The van der Waals surface area contributed by atoms with Crippen LogP contribution in [-0.2, 0) is 0 Å². The summed E-state index contributed by atoms with van der Waals surface area (Å²) in [5.41, 5.74) is 1.38. The van der Waals surface area contributed by atoms with E-state index in [1.54, 1.807) is 0 Å². The number of rotatable bonds is 4. The first-order valence-corrected chi connectivity index (χ1v) is 10.4. The molecule has 0 amide bonds. The van der Waals surface area contributed by atoms with Gasteiger partial charge in [-0.05, 0) is 24.1 Å². The standard InChI is InChI=1S/C25H23P/c1-25(20-12-11-19-24(25)21-13-5-2-6-14-21)26(22-15-7-3-8-16-22)23-17-9-4-10-18-23/h2-20,24H,1H3. The van der Waals surface area contributed by atoms with Gasteiger partial charge in [-0.25, -0.2) is 0 Å². The molecule has 3 aromatic carbocycles. The lowest BCUT2D eigenvalue weighted by Crippen LogP contribution is -2.36. The first-order valence-electron chi connectivity index (χ1n) is 9.10. The van der Waals surface area contributed by atoms with Crippen LogP contribution in [0.5, 0.6) is 0 Å². The molecule has 0 saturated carbocycles. The highest BCUT2D eigenvalue weighted by Gasteiger charge is 2.41. The molecule has 0 radical (unpaired) electrons. The first kappa shape index (κ1) is 17.0. The lowest BCUT2D eigenvalue weighted by Gasteiger charge is -2.43. The molecule has 0 heterocycles. The summed E-state index contributed by atoms with van der Waals surface area (Å²) in [6.07, 6.45) is 9.22. The second kappa shape index (κ2) is 7.44. The molecule has 0 aromatic heterocycles. The van der Waals surface area contributed by atoms with Gasteiger partial charge in [-0.3, -0.25) is 0 Å². The minimum atomic E-state index is -0.552. The second-order valence-electron chi connectivity index (χ2n) is 6.86. The van der Waals surface area contributed by atoms with E-state index >= 15 is 0 Å². The van der Waals surface area contributed by atoms with Crippen molar-refractivity contribution < 1.29 is 0 Å². The molecule has 0 aliphatic heterocycles. The van der Waals surface area contributed by atoms with Crippen molar-refractivity contribution in [2.45, 2.75) is 18.0 Å². The molecule has 1 aliphatic rings. The molecule has 2 unspecified atom stereocenters. The fourth-order valence-corrected chi connectivity index (χ4v) is 7.01. The Hall–Kier alpha value is -2.43. The Labute approximate surface area is 157 Å². The molecule has 0 fully saturated rings. The van der Waals surface area contributed by atoms with Crippen LogP contribution in [0.25, 0.3) is 0 Å². The highest BCUT2D eigenvalue weighted by molar-refractivity contribution is 7.74. The molecule has 4 rings (SSSR count). The Bertz CT molecular complexity index is 857. The van der Waals surface area contributed by atoms with Gasteiger partial charge in [0, 0.05) is 11.1 Å². The summed E-state index contributed by atoms with van der Waals surface area (Å²) in [6.45, 7) is 2.43. The van der Waals surface area contributed by atoms with Crippen LogP contribution in [-0.4, -0.2) is 5.16 Å². The van der Waals surface area contributed by atoms with Crippen molar-refractivity contribution in [3.8, 4) is 0 Å². The van der Waals surface area contributed by atoms with Crippen molar-refractivity contribution in [1.82, 2.24) is 0 Å². The van der Waals surface area contributed by atoms with Gasteiger partial charge in [0.2, 0.25) is 0 Å². The Morgan fingerprint density at radius 3 is 1.69 bits per heavy atom. The van der Waals surface area contributed by atoms with E-state index in [2.05, 4.69) is 122 Å². The van der Waals surface area contributed by atoms with E-state index in [-0.39, 0.29) is 5.16 Å². The average molecular weight is 354 g/mol. The number of benzene rings is 3. The molecule has 0 nitrogen and oxygen atoms in total. The van der Waals surface area contributed by atoms with Crippen LogP contribution in [0.1, 0.15) is 18.4 Å². The van der Waals surface area contributed by atoms with Crippen molar-refractivity contribution >= 4 is 18.5 Å². The fourth-order valence-electron chi connectivity index (χ4n) is 3.91. The van der Waals surface area contributed by atoms with Gasteiger partial charge >= 0.3 is 0 Å². The summed E-state index contributed by atoms with van der Waals surface area (Å²) in [5, 5.41) is 2.88. The lowest BCUT2D eigenvalue weighted by atomic mass is 9.83. The summed E-state index contributed by atoms with van der Waals surface area (Å²) in [5.74, 6) is 0.361. The van der Waals surface area contributed by atoms with E-state index in [0.717, 1.165) is 0 Å². The highest BCUT2D eigenvalue weighted by Crippen LogP contribution is 2.57. The van der Waals surface area contributed by atoms with E-state index in [9.17, 15) is 0 Å². The van der Waals surface area contributed by atoms with Crippen molar-refractivity contribution in [3.63, 3.8) is 0 Å². The molecule has 0 bridgehead atoms. The molecular formula is C25H23P. The van der Waals surface area contributed by atoms with Gasteiger partial charge in [0.15, 0.2) is 0 Å². The van der Waals surface area contributed by atoms with E-state index in [1.807, 2.05) is 0 Å². The number of allylic oxidation sites excluding steroid dienone is 4. The minimum absolute atomic E-state index is 0.0220. The van der Waals surface area contributed by atoms with E-state index in [0.29, 0.717) is 5.92 Å². The maximum absolute atomic E-state index is 2.43. The Balaban J connectivity index is 1.88. The van der Waals surface area contributed by atoms with Crippen LogP contribution >= 0.6 is 7.92 Å². The van der Waals surface area contributed by atoms with Gasteiger partial charge in [0.05, 0.1) is 0 Å². The Morgan fingerprint density at radius 1 is 0.654 bits per heavy atom. The molecule has 26 heavy (non-hydrogen) atoms. The molecule has 128 valence electrons. The van der Waals surface area contributed by atoms with Crippen molar-refractivity contribution in [2.75, 3.05) is 0 Å². The zero-order valence-corrected chi connectivity index (χ0v) is 15.9. The summed E-state index contributed by atoms with van der Waals surface area (Å²) in [6, 6.07) is 32.9. The van der Waals surface area contributed by atoms with Crippen LogP contribution in [0.3, 0.4) is 0 Å². The maximum Gasteiger partial charge on any atom is 0.0242 e. The predicted octanol–water partition coefficient (Wildman–Crippen LogP) is 5.79. The topological polar surface area (TPSA) is 0 Å². The molecule has 0 saturated heterocycles. The zero-order chi connectivity index (χ0) is 17.8. The van der Waals surface area contributed by atoms with E-state index < -0.39 is 7.92 Å². The second-order valence-corrected chi connectivity index (χ2v) is 9.53. The van der Waals surface area contributed by atoms with Gasteiger partial charge in [0.1, 0.15) is 0 Å². The molecule has 2 atom stereocenters. The molecule has 3 aromatic rings. The Morgan fingerprint density at radius 2 is 1.15 bits per heavy atom. The van der Waals surface area contributed by atoms with Gasteiger partial charge in [0.25, 0.3) is 0 Å². The van der Waals surface area contributed by atoms with Crippen LogP contribution in [0, 0.1) is 0 Å². The van der Waals surface area contributed by atoms with Gasteiger partial charge in [-0.1, -0.05) is 122 Å². The van der Waals surface area contributed by atoms with Crippen molar-refractivity contribution in [2.24, 2.45) is 0 Å². The molecular weight excluding hydrogens is 331 g/mol. The SMILES string of the molecule is CC1(P(c2ccccc2)c2ccccc2)C=CC=CC1c1ccccc1. The third-order valence-corrected chi connectivity index (χ3v) is 8.17. The number of hydrogen-bond donors (Lipinski definition) is 0. The summed E-state index contributed by atoms with van der Waals surface area (Å²) in [4.78, 5) is 0. The van der Waals surface area contributed by atoms with E-state index in [4.69, 9.17) is 0 Å². The monoisotopic (exact) mass is 354 g/mol. The minimum Gasteiger partial charge on any atom is -0.0758 e. The molecule has 1 heteroatoms. The van der Waals surface area contributed by atoms with Crippen LogP contribution in [0.4, 0.5) is 0 Å². The highest BCUT2D eigenvalue weighted by atomic mass is 31.1. The van der Waals surface area contributed by atoms with Crippen LogP contribution in [0.15, 0.2) is 115 Å². The largest absolute Gasteiger partial charge is 0.0758 e. The van der Waals surface area contributed by atoms with Crippen molar-refractivity contribution in [1.29, 1.82) is 0 Å². The van der Waals surface area contributed by atoms with Gasteiger partial charge < -0.3 is 0 Å². The Kier molecular flexibility index (Phi) is 4.87. The average Bonchev–Trinajstić information content (AvgIpc) is 2.71. The van der Waals surface area contributed by atoms with Crippen LogP contribution in [0.2, 0.25) is 0 Å². The fraction of sp³-hybridized carbons (Fsp3) is 0.120. The zero-order valence-electron chi connectivity index (χ0n) is 15.0.